The van der Waals surface area contributed by atoms with E-state index in [0.29, 0.717) is 19.7 Å². The molecule has 3 N–H and O–H groups in total. The molecule has 1 aromatic heterocycles. The van der Waals surface area contributed by atoms with Gasteiger partial charge in [-0.25, -0.2) is 13.4 Å². The minimum absolute atomic E-state index is 0.102. The maximum absolute atomic E-state index is 12.1. The molecule has 1 aliphatic heterocycles. The standard InChI is InChI=1S/C8H14N4O3S/c9-3-7-5-12(1-2-15-7)16(13,14)8-4-10-6-11-8/h4,6-7H,1-3,5,9H2,(H,10,11). The van der Waals surface area contributed by atoms with Crippen LogP contribution in [0, 0.1) is 0 Å². The van der Waals surface area contributed by atoms with E-state index in [9.17, 15) is 8.42 Å². The fourth-order valence-electron chi connectivity index (χ4n) is 1.58. The van der Waals surface area contributed by atoms with Gasteiger partial charge in [-0.2, -0.15) is 4.31 Å². The number of nitrogens with one attached hydrogen (secondary N) is 1. The average molecular weight is 246 g/mol. The van der Waals surface area contributed by atoms with Crippen molar-refractivity contribution in [3.05, 3.63) is 12.5 Å². The van der Waals surface area contributed by atoms with Crippen LogP contribution >= 0.6 is 0 Å². The van der Waals surface area contributed by atoms with Gasteiger partial charge in [0.15, 0.2) is 5.03 Å². The summed E-state index contributed by atoms with van der Waals surface area (Å²) in [6, 6.07) is 0. The van der Waals surface area contributed by atoms with Crippen molar-refractivity contribution in [3.8, 4) is 0 Å². The van der Waals surface area contributed by atoms with E-state index >= 15 is 0 Å². The normalized spacial score (nSPS) is 23.4. The molecule has 1 unspecified atom stereocenters. The Bertz CT molecular complexity index is 430. The van der Waals surface area contributed by atoms with Gasteiger partial charge < -0.3 is 15.5 Å². The molecule has 1 atom stereocenters. The number of hydrogen-bond acceptors (Lipinski definition) is 5. The Hall–Kier alpha value is -0.960. The molecule has 8 heteroatoms. The van der Waals surface area contributed by atoms with E-state index in [2.05, 4.69) is 9.97 Å². The number of hydrogen-bond donors (Lipinski definition) is 2. The van der Waals surface area contributed by atoms with Gasteiger partial charge in [-0.05, 0) is 0 Å². The second-order valence-electron chi connectivity index (χ2n) is 3.51. The number of morpholine rings is 1. The second kappa shape index (κ2) is 4.50. The molecule has 0 spiro atoms. The number of ether oxygens (including phenoxy) is 1. The number of aromatic amines is 1. The van der Waals surface area contributed by atoms with Crippen LogP contribution in [0.3, 0.4) is 0 Å². The summed E-state index contributed by atoms with van der Waals surface area (Å²) in [7, 11) is -3.48. The first kappa shape index (κ1) is 11.5. The summed E-state index contributed by atoms with van der Waals surface area (Å²) in [5, 5.41) is 0.102. The molecule has 0 saturated carbocycles. The van der Waals surface area contributed by atoms with Crippen LogP contribution in [-0.2, 0) is 14.8 Å². The summed E-state index contributed by atoms with van der Waals surface area (Å²) in [4.78, 5) is 6.30. The molecule has 7 nitrogen and oxygen atoms in total. The molecule has 90 valence electrons. The Morgan fingerprint density at radius 1 is 1.69 bits per heavy atom. The highest BCUT2D eigenvalue weighted by Gasteiger charge is 2.30. The van der Waals surface area contributed by atoms with Crippen LogP contribution in [0.2, 0.25) is 0 Å². The monoisotopic (exact) mass is 246 g/mol. The van der Waals surface area contributed by atoms with Crippen molar-refractivity contribution in [2.24, 2.45) is 5.73 Å². The SMILES string of the molecule is NCC1CN(S(=O)(=O)c2cnc[nH]2)CCO1. The molecule has 0 aliphatic carbocycles. The summed E-state index contributed by atoms with van der Waals surface area (Å²) in [6.45, 7) is 1.32. The van der Waals surface area contributed by atoms with Gasteiger partial charge in [0.05, 0.1) is 25.2 Å². The van der Waals surface area contributed by atoms with Crippen molar-refractivity contribution in [1.82, 2.24) is 14.3 Å². The highest BCUT2D eigenvalue weighted by Crippen LogP contribution is 2.15. The zero-order valence-corrected chi connectivity index (χ0v) is 9.48. The second-order valence-corrected chi connectivity index (χ2v) is 5.41. The Morgan fingerprint density at radius 2 is 2.50 bits per heavy atom. The first-order valence-electron chi connectivity index (χ1n) is 4.95. The molecule has 1 aliphatic rings. The van der Waals surface area contributed by atoms with Crippen molar-refractivity contribution < 1.29 is 13.2 Å². The van der Waals surface area contributed by atoms with Crippen molar-refractivity contribution in [2.45, 2.75) is 11.1 Å². The quantitative estimate of drug-likeness (QED) is 0.694. The van der Waals surface area contributed by atoms with E-state index in [0.717, 1.165) is 0 Å². The molecule has 0 aromatic carbocycles. The van der Waals surface area contributed by atoms with Crippen molar-refractivity contribution in [1.29, 1.82) is 0 Å². The first-order chi connectivity index (χ1) is 7.64. The fraction of sp³-hybridized carbons (Fsp3) is 0.625. The smallest absolute Gasteiger partial charge is 0.260 e. The molecule has 1 saturated heterocycles. The number of aromatic nitrogens is 2. The fourth-order valence-corrected chi connectivity index (χ4v) is 2.93. The Kier molecular flexibility index (Phi) is 3.24. The number of H-pyrrole nitrogens is 1. The maximum Gasteiger partial charge on any atom is 0.260 e. The van der Waals surface area contributed by atoms with Gasteiger partial charge in [-0.1, -0.05) is 0 Å². The van der Waals surface area contributed by atoms with E-state index in [1.54, 1.807) is 0 Å². The highest BCUT2D eigenvalue weighted by molar-refractivity contribution is 7.89. The molecule has 1 aromatic rings. The third-order valence-electron chi connectivity index (χ3n) is 2.46. The zero-order valence-electron chi connectivity index (χ0n) is 8.67. The maximum atomic E-state index is 12.1. The van der Waals surface area contributed by atoms with E-state index < -0.39 is 10.0 Å². The summed E-state index contributed by atoms with van der Waals surface area (Å²) < 4.78 is 30.8. The average Bonchev–Trinajstić information content (AvgIpc) is 2.83. The van der Waals surface area contributed by atoms with Crippen LogP contribution in [0.5, 0.6) is 0 Å². The van der Waals surface area contributed by atoms with Gasteiger partial charge in [0.1, 0.15) is 0 Å². The Morgan fingerprint density at radius 3 is 3.12 bits per heavy atom. The summed E-state index contributed by atoms with van der Waals surface area (Å²) in [5.41, 5.74) is 5.46. The van der Waals surface area contributed by atoms with Crippen LogP contribution in [-0.4, -0.2) is 55.0 Å². The molecule has 16 heavy (non-hydrogen) atoms. The molecule has 2 rings (SSSR count). The van der Waals surface area contributed by atoms with Gasteiger partial charge in [0.25, 0.3) is 10.0 Å². The van der Waals surface area contributed by atoms with E-state index in [-0.39, 0.29) is 17.7 Å². The lowest BCUT2D eigenvalue weighted by Crippen LogP contribution is -2.48. The molecule has 0 bridgehead atoms. The van der Waals surface area contributed by atoms with Crippen molar-refractivity contribution >= 4 is 10.0 Å². The Balaban J connectivity index is 2.18. The van der Waals surface area contributed by atoms with Gasteiger partial charge in [-0.3, -0.25) is 0 Å². The number of nitrogens with two attached hydrogens (primary N) is 1. The molecular formula is C8H14N4O3S. The van der Waals surface area contributed by atoms with Gasteiger partial charge >= 0.3 is 0 Å². The topological polar surface area (TPSA) is 101 Å². The largest absolute Gasteiger partial charge is 0.374 e. The van der Waals surface area contributed by atoms with E-state index in [4.69, 9.17) is 10.5 Å². The van der Waals surface area contributed by atoms with Crippen molar-refractivity contribution in [3.63, 3.8) is 0 Å². The van der Waals surface area contributed by atoms with E-state index in [1.165, 1.54) is 16.8 Å². The zero-order chi connectivity index (χ0) is 11.6. The first-order valence-corrected chi connectivity index (χ1v) is 6.39. The predicted octanol–water partition coefficient (Wildman–Crippen LogP) is -1.24. The summed E-state index contributed by atoms with van der Waals surface area (Å²) >= 11 is 0. The third kappa shape index (κ3) is 2.09. The minimum atomic E-state index is -3.48. The molecular weight excluding hydrogens is 232 g/mol. The number of sulfonamides is 1. The number of nitrogens with zero attached hydrogens (tertiary/aromatic N) is 2. The molecule has 0 radical (unpaired) electrons. The lowest BCUT2D eigenvalue weighted by Gasteiger charge is -2.30. The van der Waals surface area contributed by atoms with Crippen molar-refractivity contribution in [2.75, 3.05) is 26.2 Å². The molecule has 0 amide bonds. The van der Waals surface area contributed by atoms with Crippen LogP contribution < -0.4 is 5.73 Å². The van der Waals surface area contributed by atoms with Crippen LogP contribution in [0.1, 0.15) is 0 Å². The van der Waals surface area contributed by atoms with E-state index in [1.807, 2.05) is 0 Å². The van der Waals surface area contributed by atoms with Gasteiger partial charge in [0, 0.05) is 19.6 Å². The Labute approximate surface area is 93.7 Å². The van der Waals surface area contributed by atoms with Gasteiger partial charge in [0.2, 0.25) is 0 Å². The predicted molar refractivity (Wildman–Crippen MR) is 56.1 cm³/mol. The highest BCUT2D eigenvalue weighted by atomic mass is 32.2. The number of rotatable bonds is 3. The molecule has 2 heterocycles. The lowest BCUT2D eigenvalue weighted by atomic mass is 10.3. The summed E-state index contributed by atoms with van der Waals surface area (Å²) in [5.74, 6) is 0. The minimum Gasteiger partial charge on any atom is -0.374 e. The lowest BCUT2D eigenvalue weighted by molar-refractivity contribution is 0.00444. The number of imidazole rings is 1. The van der Waals surface area contributed by atoms with Gasteiger partial charge in [-0.15, -0.1) is 0 Å². The van der Waals surface area contributed by atoms with Crippen LogP contribution in [0.4, 0.5) is 0 Å². The third-order valence-corrected chi connectivity index (χ3v) is 4.25. The van der Waals surface area contributed by atoms with Crippen LogP contribution in [0.15, 0.2) is 17.6 Å². The summed E-state index contributed by atoms with van der Waals surface area (Å²) in [6.07, 6.45) is 2.40. The molecule has 1 fully saturated rings. The van der Waals surface area contributed by atoms with Crippen LogP contribution in [0.25, 0.3) is 0 Å².